The lowest BCUT2D eigenvalue weighted by atomic mass is 10.3. The van der Waals surface area contributed by atoms with E-state index in [1.807, 2.05) is 0 Å². The van der Waals surface area contributed by atoms with Gasteiger partial charge in [0.25, 0.3) is 11.8 Å². The first-order valence-corrected chi connectivity index (χ1v) is 5.84. The van der Waals surface area contributed by atoms with Crippen molar-refractivity contribution in [1.82, 2.24) is 0 Å². The van der Waals surface area contributed by atoms with Gasteiger partial charge >= 0.3 is 0 Å². The Hall–Kier alpha value is -2.30. The summed E-state index contributed by atoms with van der Waals surface area (Å²) in [6.45, 7) is -0.501. The first-order valence-electron chi connectivity index (χ1n) is 5.08. The number of anilines is 1. The van der Waals surface area contributed by atoms with Gasteiger partial charge in [-0.3, -0.25) is 9.59 Å². The number of amides is 2. The van der Waals surface area contributed by atoms with Crippen LogP contribution in [-0.2, 0) is 14.4 Å². The molecule has 1 aromatic carbocycles. The Morgan fingerprint density at radius 1 is 1.40 bits per heavy atom. The van der Waals surface area contributed by atoms with Crippen LogP contribution in [-0.4, -0.2) is 24.1 Å². The van der Waals surface area contributed by atoms with Crippen LogP contribution in [0.5, 0.6) is 0 Å². The molecule has 9 heteroatoms. The topological polar surface area (TPSA) is 118 Å². The minimum atomic E-state index is -1.04. The number of carbonyl (C=O) groups excluding carboxylic acids is 2. The van der Waals surface area contributed by atoms with Crippen molar-refractivity contribution in [2.45, 2.75) is 0 Å². The fourth-order valence-electron chi connectivity index (χ4n) is 1.05. The highest BCUT2D eigenvalue weighted by atomic mass is 35.5. The van der Waals surface area contributed by atoms with E-state index in [-0.39, 0.29) is 5.02 Å². The summed E-state index contributed by atoms with van der Waals surface area (Å²) in [6.07, 6.45) is 0. The molecule has 0 fully saturated rings. The van der Waals surface area contributed by atoms with Gasteiger partial charge in [-0.25, -0.2) is 0 Å². The maximum Gasteiger partial charge on any atom is 0.281 e. The molecule has 0 bridgehead atoms. The number of nitrogens with one attached hydrogen (secondary N) is 1. The molecule has 7 nitrogen and oxygen atoms in total. The molecule has 1 aromatic rings. The molecule has 0 atom stereocenters. The minimum absolute atomic E-state index is 0.281. The van der Waals surface area contributed by atoms with Crippen molar-refractivity contribution in [3.8, 4) is 6.07 Å². The molecule has 0 radical (unpaired) electrons. The van der Waals surface area contributed by atoms with E-state index in [1.54, 1.807) is 6.07 Å². The van der Waals surface area contributed by atoms with Crippen LogP contribution in [0.2, 0.25) is 10.0 Å². The summed E-state index contributed by atoms with van der Waals surface area (Å²) >= 11 is 11.5. The van der Waals surface area contributed by atoms with E-state index in [1.165, 1.54) is 18.2 Å². The largest absolute Gasteiger partial charge is 0.384 e. The van der Waals surface area contributed by atoms with Crippen LogP contribution in [0.4, 0.5) is 5.69 Å². The molecule has 0 aliphatic carbocycles. The van der Waals surface area contributed by atoms with Gasteiger partial charge in [0.2, 0.25) is 5.71 Å². The molecule has 20 heavy (non-hydrogen) atoms. The van der Waals surface area contributed by atoms with Crippen molar-refractivity contribution >= 4 is 46.4 Å². The molecule has 0 saturated heterocycles. The monoisotopic (exact) mass is 314 g/mol. The summed E-state index contributed by atoms with van der Waals surface area (Å²) in [5.74, 6) is -1.61. The van der Waals surface area contributed by atoms with E-state index in [0.717, 1.165) is 0 Å². The quantitative estimate of drug-likeness (QED) is 0.629. The molecule has 0 saturated carbocycles. The second-order valence-corrected chi connectivity index (χ2v) is 4.18. The number of hydrogen-bond donors (Lipinski definition) is 2. The van der Waals surface area contributed by atoms with Gasteiger partial charge in [0.1, 0.15) is 6.07 Å². The van der Waals surface area contributed by atoms with E-state index < -0.39 is 24.1 Å². The Morgan fingerprint density at radius 3 is 2.65 bits per heavy atom. The molecule has 104 valence electrons. The molecule has 0 unspecified atom stereocenters. The number of halogens is 2. The predicted molar refractivity (Wildman–Crippen MR) is 73.3 cm³/mol. The zero-order valence-corrected chi connectivity index (χ0v) is 11.4. The third-order valence-electron chi connectivity index (χ3n) is 1.89. The van der Waals surface area contributed by atoms with Gasteiger partial charge in [-0.15, -0.1) is 0 Å². The second-order valence-electron chi connectivity index (χ2n) is 3.37. The van der Waals surface area contributed by atoms with Crippen molar-refractivity contribution in [3.05, 3.63) is 28.2 Å². The summed E-state index contributed by atoms with van der Waals surface area (Å²) in [4.78, 5) is 26.6. The standard InChI is InChI=1S/C11H8Cl2N4O3/c12-7-2-1-6(3-8(7)13)16-10(18)5-20-17-9(4-14)11(15)19/h1-3H,5H2,(H2,15,19)(H,16,18). The van der Waals surface area contributed by atoms with Crippen LogP contribution in [0, 0.1) is 11.3 Å². The van der Waals surface area contributed by atoms with Crippen LogP contribution in [0.15, 0.2) is 23.4 Å². The summed E-state index contributed by atoms with van der Waals surface area (Å²) in [5.41, 5.74) is 4.60. The molecule has 1 rings (SSSR count). The smallest absolute Gasteiger partial charge is 0.281 e. The molecule has 0 aliphatic heterocycles. The number of nitrogens with two attached hydrogens (primary N) is 1. The van der Waals surface area contributed by atoms with E-state index in [2.05, 4.69) is 15.3 Å². The Bertz CT molecular complexity index is 610. The summed E-state index contributed by atoms with van der Waals surface area (Å²) in [5, 5.41) is 14.7. The summed E-state index contributed by atoms with van der Waals surface area (Å²) < 4.78 is 0. The highest BCUT2D eigenvalue weighted by molar-refractivity contribution is 6.44. The van der Waals surface area contributed by atoms with Gasteiger partial charge in [-0.1, -0.05) is 28.4 Å². The Morgan fingerprint density at radius 2 is 2.10 bits per heavy atom. The fraction of sp³-hybridized carbons (Fsp3) is 0.0909. The SMILES string of the molecule is N#CC(=NOCC(=O)Nc1ccc(Cl)c(Cl)c1)C(N)=O. The van der Waals surface area contributed by atoms with Gasteiger partial charge in [-0.2, -0.15) is 5.26 Å². The van der Waals surface area contributed by atoms with E-state index in [0.29, 0.717) is 10.7 Å². The minimum Gasteiger partial charge on any atom is -0.384 e. The lowest BCUT2D eigenvalue weighted by molar-refractivity contribution is -0.121. The molecule has 0 aromatic heterocycles. The number of rotatable bonds is 5. The number of hydrogen-bond acceptors (Lipinski definition) is 5. The molecular formula is C11H8Cl2N4O3. The van der Waals surface area contributed by atoms with Gasteiger partial charge in [0, 0.05) is 5.69 Å². The third-order valence-corrected chi connectivity index (χ3v) is 2.63. The lowest BCUT2D eigenvalue weighted by Gasteiger charge is -2.05. The maximum absolute atomic E-state index is 11.5. The van der Waals surface area contributed by atoms with Crippen LogP contribution in [0.1, 0.15) is 0 Å². The predicted octanol–water partition coefficient (Wildman–Crippen LogP) is 1.31. The number of primary amides is 1. The average Bonchev–Trinajstić information content (AvgIpc) is 2.38. The Balaban J connectivity index is 2.54. The number of nitriles is 1. The van der Waals surface area contributed by atoms with Crippen LogP contribution < -0.4 is 11.1 Å². The maximum atomic E-state index is 11.5. The fourth-order valence-corrected chi connectivity index (χ4v) is 1.34. The van der Waals surface area contributed by atoms with Gasteiger partial charge in [0.15, 0.2) is 6.61 Å². The third kappa shape index (κ3) is 4.76. The zero-order valence-electron chi connectivity index (χ0n) is 9.89. The molecule has 3 N–H and O–H groups in total. The van der Waals surface area contributed by atoms with Crippen molar-refractivity contribution in [2.75, 3.05) is 11.9 Å². The summed E-state index contributed by atoms with van der Waals surface area (Å²) in [7, 11) is 0. The molecule has 0 aliphatic rings. The van der Waals surface area contributed by atoms with Crippen LogP contribution >= 0.6 is 23.2 Å². The van der Waals surface area contributed by atoms with Crippen molar-refractivity contribution in [3.63, 3.8) is 0 Å². The molecule has 0 heterocycles. The Labute approximate surface area is 123 Å². The second kappa shape index (κ2) is 7.33. The number of benzene rings is 1. The van der Waals surface area contributed by atoms with E-state index >= 15 is 0 Å². The van der Waals surface area contributed by atoms with Gasteiger partial charge < -0.3 is 15.9 Å². The normalized spacial score (nSPS) is 10.6. The summed E-state index contributed by atoms with van der Waals surface area (Å²) in [6, 6.07) is 5.93. The van der Waals surface area contributed by atoms with Crippen LogP contribution in [0.25, 0.3) is 0 Å². The highest BCUT2D eigenvalue weighted by Gasteiger charge is 2.08. The van der Waals surface area contributed by atoms with Crippen molar-refractivity contribution < 1.29 is 14.4 Å². The van der Waals surface area contributed by atoms with Crippen LogP contribution in [0.3, 0.4) is 0 Å². The zero-order chi connectivity index (χ0) is 15.1. The number of carbonyl (C=O) groups is 2. The first kappa shape index (κ1) is 15.8. The van der Waals surface area contributed by atoms with E-state index in [4.69, 9.17) is 34.2 Å². The number of nitrogens with zero attached hydrogens (tertiary/aromatic N) is 2. The number of oxime groups is 1. The van der Waals surface area contributed by atoms with E-state index in [9.17, 15) is 9.59 Å². The molecular weight excluding hydrogens is 307 g/mol. The Kier molecular flexibility index (Phi) is 5.77. The first-order chi connectivity index (χ1) is 9.43. The molecule has 0 spiro atoms. The van der Waals surface area contributed by atoms with Crippen molar-refractivity contribution in [1.29, 1.82) is 5.26 Å². The lowest BCUT2D eigenvalue weighted by Crippen LogP contribution is -2.23. The van der Waals surface area contributed by atoms with Crippen molar-refractivity contribution in [2.24, 2.45) is 10.9 Å². The van der Waals surface area contributed by atoms with Gasteiger partial charge in [-0.05, 0) is 18.2 Å². The average molecular weight is 315 g/mol. The van der Waals surface area contributed by atoms with Gasteiger partial charge in [0.05, 0.1) is 10.0 Å². The molecule has 2 amide bonds. The highest BCUT2D eigenvalue weighted by Crippen LogP contribution is 2.24.